The summed E-state index contributed by atoms with van der Waals surface area (Å²) in [6.07, 6.45) is 10.8. The lowest BCUT2D eigenvalue weighted by molar-refractivity contribution is -0.122. The van der Waals surface area contributed by atoms with E-state index < -0.39 is 0 Å². The fourth-order valence-electron chi connectivity index (χ4n) is 4.58. The summed E-state index contributed by atoms with van der Waals surface area (Å²) < 4.78 is 5.38. The minimum atomic E-state index is -0.364. The molecule has 2 aliphatic rings. The van der Waals surface area contributed by atoms with Gasteiger partial charge in [-0.05, 0) is 43.5 Å². The average molecular weight is 571 g/mol. The number of unbranched alkanes of at least 4 members (excludes halogenated alkanes) is 7. The molecule has 1 aromatic rings. The quantitative estimate of drug-likeness (QED) is 0.133. The van der Waals surface area contributed by atoms with Gasteiger partial charge in [-0.1, -0.05) is 83.7 Å². The molecule has 0 N–H and O–H groups in total. The van der Waals surface area contributed by atoms with Gasteiger partial charge in [0, 0.05) is 9.65 Å². The van der Waals surface area contributed by atoms with E-state index in [1.807, 2.05) is 0 Å². The van der Waals surface area contributed by atoms with E-state index in [2.05, 4.69) is 38.8 Å². The maximum Gasteiger partial charge on any atom is 0.338 e. The van der Waals surface area contributed by atoms with Crippen LogP contribution < -0.4 is 4.90 Å². The molecular formula is C25H33Br2NO4. The summed E-state index contributed by atoms with van der Waals surface area (Å²) in [6, 6.07) is 6.59. The Kier molecular flexibility index (Phi) is 9.77. The molecule has 176 valence electrons. The second-order valence-electron chi connectivity index (χ2n) is 8.89. The van der Waals surface area contributed by atoms with Crippen molar-refractivity contribution in [2.45, 2.75) is 80.8 Å². The van der Waals surface area contributed by atoms with Crippen LogP contribution >= 0.6 is 31.9 Å². The maximum absolute atomic E-state index is 12.9. The highest BCUT2D eigenvalue weighted by Gasteiger charge is 2.52. The first-order valence-electron chi connectivity index (χ1n) is 11.9. The van der Waals surface area contributed by atoms with Gasteiger partial charge in [0.05, 0.1) is 29.7 Å². The summed E-state index contributed by atoms with van der Waals surface area (Å²) >= 11 is 7.21. The molecular weight excluding hydrogens is 538 g/mol. The first kappa shape index (κ1) is 25.4. The number of fused-ring (bicyclic) bond motifs is 1. The first-order chi connectivity index (χ1) is 15.4. The lowest BCUT2D eigenvalue weighted by atomic mass is 9.81. The Morgan fingerprint density at radius 3 is 1.91 bits per heavy atom. The summed E-state index contributed by atoms with van der Waals surface area (Å²) in [7, 11) is 0. The Labute approximate surface area is 207 Å². The Balaban J connectivity index is 1.46. The molecule has 2 fully saturated rings. The van der Waals surface area contributed by atoms with Gasteiger partial charge in [-0.25, -0.2) is 4.79 Å². The molecule has 1 aliphatic heterocycles. The first-order valence-corrected chi connectivity index (χ1v) is 13.7. The van der Waals surface area contributed by atoms with Crippen LogP contribution in [0.1, 0.15) is 81.5 Å². The summed E-state index contributed by atoms with van der Waals surface area (Å²) in [5.41, 5.74) is 0.956. The molecule has 1 aliphatic carbocycles. The lowest BCUT2D eigenvalue weighted by Crippen LogP contribution is -2.34. The van der Waals surface area contributed by atoms with Crippen LogP contribution in [-0.4, -0.2) is 34.0 Å². The van der Waals surface area contributed by atoms with Crippen LogP contribution in [-0.2, 0) is 14.3 Å². The predicted molar refractivity (Wildman–Crippen MR) is 133 cm³/mol. The second-order valence-corrected chi connectivity index (χ2v) is 11.2. The molecule has 4 atom stereocenters. The monoisotopic (exact) mass is 569 g/mol. The molecule has 1 heterocycles. The molecule has 32 heavy (non-hydrogen) atoms. The number of ether oxygens (including phenoxy) is 1. The fourth-order valence-corrected chi connectivity index (χ4v) is 5.82. The summed E-state index contributed by atoms with van der Waals surface area (Å²) in [5, 5.41) is 0. The number of benzene rings is 1. The van der Waals surface area contributed by atoms with Gasteiger partial charge < -0.3 is 4.74 Å². The van der Waals surface area contributed by atoms with Gasteiger partial charge in [-0.15, -0.1) is 0 Å². The highest BCUT2D eigenvalue weighted by molar-refractivity contribution is 9.12. The molecule has 0 unspecified atom stereocenters. The topological polar surface area (TPSA) is 63.7 Å². The van der Waals surface area contributed by atoms with E-state index in [0.717, 1.165) is 12.8 Å². The molecule has 1 saturated heterocycles. The van der Waals surface area contributed by atoms with Gasteiger partial charge in [-0.2, -0.15) is 0 Å². The number of amides is 2. The number of hydrogen-bond acceptors (Lipinski definition) is 4. The molecule has 0 radical (unpaired) electrons. The van der Waals surface area contributed by atoms with Gasteiger partial charge in [0.1, 0.15) is 0 Å². The smallest absolute Gasteiger partial charge is 0.338 e. The van der Waals surface area contributed by atoms with Crippen LogP contribution in [0.25, 0.3) is 0 Å². The minimum Gasteiger partial charge on any atom is -0.462 e. The predicted octanol–water partition coefficient (Wildman–Crippen LogP) is 6.41. The minimum absolute atomic E-state index is 0.145. The van der Waals surface area contributed by atoms with E-state index in [1.54, 1.807) is 24.3 Å². The standard InChI is InChI=1S/C25H33Br2NO4/c1-2-3-4-5-6-7-8-9-14-32-25(31)17-10-12-18(13-11-17)28-23(29)19-15-21(26)22(27)16-20(19)24(28)30/h10-13,19-22H,2-9,14-16H2,1H3/t19-,20-,21-,22+/m0/s1. The van der Waals surface area contributed by atoms with E-state index in [4.69, 9.17) is 4.74 Å². The number of nitrogens with zero attached hydrogens (tertiary/aromatic N) is 1. The zero-order chi connectivity index (χ0) is 23.1. The van der Waals surface area contributed by atoms with Crippen LogP contribution in [0.2, 0.25) is 0 Å². The molecule has 7 heteroatoms. The van der Waals surface area contributed by atoms with Gasteiger partial charge in [0.2, 0.25) is 11.8 Å². The SMILES string of the molecule is CCCCCCCCCCOC(=O)c1ccc(N2C(=O)[C@H]3C[C@@H](Br)[C@@H](Br)C[C@@H]3C2=O)cc1. The van der Waals surface area contributed by atoms with Crippen LogP contribution in [0.5, 0.6) is 0 Å². The van der Waals surface area contributed by atoms with Gasteiger partial charge in [0.15, 0.2) is 0 Å². The Morgan fingerprint density at radius 2 is 1.38 bits per heavy atom. The summed E-state index contributed by atoms with van der Waals surface area (Å²) in [5.74, 6) is -1.21. The third-order valence-electron chi connectivity index (χ3n) is 6.50. The van der Waals surface area contributed by atoms with Crippen molar-refractivity contribution in [1.82, 2.24) is 0 Å². The molecule has 5 nitrogen and oxygen atoms in total. The third-order valence-corrected chi connectivity index (χ3v) is 9.24. The highest BCUT2D eigenvalue weighted by Crippen LogP contribution is 2.44. The normalized spacial score (nSPS) is 25.2. The van der Waals surface area contributed by atoms with Gasteiger partial charge >= 0.3 is 5.97 Å². The molecule has 1 aromatic carbocycles. The zero-order valence-corrected chi connectivity index (χ0v) is 21.9. The van der Waals surface area contributed by atoms with Crippen molar-refractivity contribution in [2.24, 2.45) is 11.8 Å². The number of anilines is 1. The fraction of sp³-hybridized carbons (Fsp3) is 0.640. The number of carbonyl (C=O) groups excluding carboxylic acids is 3. The van der Waals surface area contributed by atoms with E-state index >= 15 is 0 Å². The van der Waals surface area contributed by atoms with Gasteiger partial charge in [0.25, 0.3) is 0 Å². The number of hydrogen-bond donors (Lipinski definition) is 0. The number of imide groups is 1. The Morgan fingerprint density at radius 1 is 0.875 bits per heavy atom. The van der Waals surface area contributed by atoms with E-state index in [9.17, 15) is 14.4 Å². The third kappa shape index (κ3) is 6.22. The second kappa shape index (κ2) is 12.3. The van der Waals surface area contributed by atoms with E-state index in [1.165, 1.54) is 43.4 Å². The summed E-state index contributed by atoms with van der Waals surface area (Å²) in [6.45, 7) is 2.64. The number of carbonyl (C=O) groups is 3. The van der Waals surface area contributed by atoms with Crippen molar-refractivity contribution < 1.29 is 19.1 Å². The van der Waals surface area contributed by atoms with Crippen molar-refractivity contribution in [3.05, 3.63) is 29.8 Å². The summed E-state index contributed by atoms with van der Waals surface area (Å²) in [4.78, 5) is 39.8. The van der Waals surface area contributed by atoms with Crippen LogP contribution in [0.15, 0.2) is 24.3 Å². The van der Waals surface area contributed by atoms with Crippen molar-refractivity contribution in [3.63, 3.8) is 0 Å². The average Bonchev–Trinajstić information content (AvgIpc) is 3.02. The number of esters is 1. The van der Waals surface area contributed by atoms with Crippen LogP contribution in [0.4, 0.5) is 5.69 Å². The van der Waals surface area contributed by atoms with Crippen molar-refractivity contribution in [2.75, 3.05) is 11.5 Å². The number of alkyl halides is 2. The zero-order valence-electron chi connectivity index (χ0n) is 18.7. The van der Waals surface area contributed by atoms with Crippen molar-refractivity contribution >= 4 is 55.3 Å². The van der Waals surface area contributed by atoms with Crippen molar-refractivity contribution in [1.29, 1.82) is 0 Å². The maximum atomic E-state index is 12.9. The van der Waals surface area contributed by atoms with Gasteiger partial charge in [-0.3, -0.25) is 14.5 Å². The van der Waals surface area contributed by atoms with Crippen molar-refractivity contribution in [3.8, 4) is 0 Å². The lowest BCUT2D eigenvalue weighted by Gasteiger charge is -2.29. The molecule has 0 spiro atoms. The number of halogens is 2. The van der Waals surface area contributed by atoms with Crippen LogP contribution in [0.3, 0.4) is 0 Å². The largest absolute Gasteiger partial charge is 0.462 e. The molecule has 3 rings (SSSR count). The van der Waals surface area contributed by atoms with E-state index in [0.29, 0.717) is 30.7 Å². The molecule has 0 bridgehead atoms. The molecule has 1 saturated carbocycles. The number of rotatable bonds is 11. The highest BCUT2D eigenvalue weighted by atomic mass is 79.9. The Hall–Kier alpha value is -1.21. The molecule has 0 aromatic heterocycles. The van der Waals surface area contributed by atoms with E-state index in [-0.39, 0.29) is 39.3 Å². The Bertz CT molecular complexity index is 770. The molecule has 2 amide bonds. The van der Waals surface area contributed by atoms with Crippen LogP contribution in [0, 0.1) is 11.8 Å².